The van der Waals surface area contributed by atoms with Gasteiger partial charge in [-0.3, -0.25) is 9.98 Å². The van der Waals surface area contributed by atoms with E-state index in [4.69, 9.17) is 64.2 Å². The molecule has 32 heteroatoms. The first-order valence-electron chi connectivity index (χ1n) is 40.9. The Hall–Kier alpha value is -13.1. The number of aromatic nitrogens is 19. The summed E-state index contributed by atoms with van der Waals surface area (Å²) in [5.41, 5.74) is 16.8. The Morgan fingerprint density at radius 2 is 0.841 bits per heavy atom. The molecule has 9 heterocycles. The lowest BCUT2D eigenvalue weighted by Crippen LogP contribution is -2.36. The van der Waals surface area contributed by atoms with Crippen molar-refractivity contribution < 1.29 is 32.1 Å². The number of pyridine rings is 3. The Balaban J connectivity index is 0.000000140. The molecule has 9 aromatic carbocycles. The monoisotopic (exact) mass is 1780 g/mol. The van der Waals surface area contributed by atoms with Crippen LogP contribution in [0.25, 0.3) is 72.5 Å². The lowest BCUT2D eigenvalue weighted by Gasteiger charge is -2.20. The second-order valence-corrected chi connectivity index (χ2v) is 45.6. The van der Waals surface area contributed by atoms with Crippen molar-refractivity contribution in [2.75, 3.05) is 13.2 Å². The van der Waals surface area contributed by atoms with Crippen LogP contribution in [0.1, 0.15) is 68.7 Å². The number of imidazole rings is 2. The lowest BCUT2D eigenvalue weighted by molar-refractivity contribution is -0.614. The van der Waals surface area contributed by atoms with Crippen molar-refractivity contribution in [2.24, 2.45) is 4.99 Å². The Kier molecular flexibility index (Phi) is 26.4. The molecule has 18 rings (SSSR count). The summed E-state index contributed by atoms with van der Waals surface area (Å²) in [6.45, 7) is 15.7. The van der Waals surface area contributed by atoms with Gasteiger partial charge in [0, 0.05) is 120 Å². The van der Waals surface area contributed by atoms with Crippen LogP contribution in [-0.4, -0.2) is 120 Å². The summed E-state index contributed by atoms with van der Waals surface area (Å²) in [6.07, 6.45) is 11.7. The summed E-state index contributed by atoms with van der Waals surface area (Å²) < 4.78 is 65.4. The third kappa shape index (κ3) is 20.8. The van der Waals surface area contributed by atoms with E-state index in [1.165, 1.54) is 70.8 Å². The molecule has 0 saturated carbocycles. The van der Waals surface area contributed by atoms with Gasteiger partial charge in [0.25, 0.3) is 0 Å². The SMILES string of the molecule is C[Si](C)(C)CCOCn1c(C(Cc2ccccc2)c2ccc(-c3cc(Cl)ccc3-n3cnnn3)c[n+]2[O-])nc2cc(F)ccc21.C[Si](C)(C)CCOCn1c(C(Cc2ccccc2)c2ccc(-c3cc(Cl)ccc3-n3cnnn3)cn2)nc2cc(F)ccc21.[O-][n+]1cc(-c2cc(Cl)ccc2-n2cnnn2)ccc1C(Cc1ccccc1)C1=Nc2cc(F)ccc2C1. The molecule has 8 aromatic heterocycles. The van der Waals surface area contributed by atoms with Crippen LogP contribution in [-0.2, 0) is 48.6 Å². The van der Waals surface area contributed by atoms with E-state index >= 15 is 0 Å². The molecule has 1 aliphatic heterocycles. The molecular weight excluding hydrogens is 1690 g/mol. The number of hydrogen-bond donors (Lipinski definition) is 0. The number of hydrogen-bond acceptors (Lipinski definition) is 17. The number of halogens is 6. The van der Waals surface area contributed by atoms with E-state index in [0.29, 0.717) is 123 Å². The molecule has 0 saturated heterocycles. The lowest BCUT2D eigenvalue weighted by atomic mass is 9.88. The number of tetrazole rings is 3. The minimum atomic E-state index is -1.31. The van der Waals surface area contributed by atoms with E-state index in [2.05, 4.69) is 103 Å². The average molecular weight is 1780 g/mol. The van der Waals surface area contributed by atoms with Gasteiger partial charge in [-0.15, -0.1) is 15.3 Å². The first-order chi connectivity index (χ1) is 61.0. The van der Waals surface area contributed by atoms with Crippen molar-refractivity contribution in [3.05, 3.63) is 368 Å². The van der Waals surface area contributed by atoms with Crippen molar-refractivity contribution in [1.82, 2.24) is 84.7 Å². The van der Waals surface area contributed by atoms with Crippen LogP contribution in [0.4, 0.5) is 18.9 Å². The van der Waals surface area contributed by atoms with Crippen LogP contribution in [0, 0.1) is 27.9 Å². The average Bonchev–Trinajstić information content (AvgIpc) is 1.64. The third-order valence-corrected chi connectivity index (χ3v) is 25.9. The summed E-state index contributed by atoms with van der Waals surface area (Å²) in [5, 5.41) is 63.7. The van der Waals surface area contributed by atoms with Gasteiger partial charge >= 0.3 is 0 Å². The largest absolute Gasteiger partial charge is 0.618 e. The van der Waals surface area contributed by atoms with E-state index < -0.39 is 22.1 Å². The van der Waals surface area contributed by atoms with Gasteiger partial charge in [0.15, 0.2) is 12.4 Å². The van der Waals surface area contributed by atoms with E-state index in [0.717, 1.165) is 94.4 Å². The van der Waals surface area contributed by atoms with Crippen molar-refractivity contribution in [2.45, 2.75) is 108 Å². The maximum Gasteiger partial charge on any atom is 0.203 e. The molecular formula is C94H86Cl3F3N20O4Si2. The van der Waals surface area contributed by atoms with Gasteiger partial charge in [-0.1, -0.05) is 177 Å². The quantitative estimate of drug-likeness (QED) is 0.0191. The predicted molar refractivity (Wildman–Crippen MR) is 486 cm³/mol. The molecule has 0 amide bonds. The molecule has 3 atom stereocenters. The Bertz CT molecular complexity index is 6670. The van der Waals surface area contributed by atoms with Crippen LogP contribution >= 0.6 is 34.8 Å². The summed E-state index contributed by atoms with van der Waals surface area (Å²) in [7, 11) is -2.58. The first kappa shape index (κ1) is 86.4. The fraction of sp³-hybridized carbons (Fsp3) is 0.202. The second kappa shape index (κ2) is 38.5. The summed E-state index contributed by atoms with van der Waals surface area (Å²) in [6, 6.07) is 73.9. The number of aliphatic imine (C=N–C) groups is 1. The van der Waals surface area contributed by atoms with Crippen LogP contribution in [0.5, 0.6) is 0 Å². The highest BCUT2D eigenvalue weighted by atomic mass is 35.5. The van der Waals surface area contributed by atoms with Gasteiger partial charge in [-0.25, -0.2) is 23.1 Å². The number of ether oxygens (including phenoxy) is 2. The molecule has 1 aliphatic rings. The Morgan fingerprint density at radius 3 is 1.26 bits per heavy atom. The second-order valence-electron chi connectivity index (χ2n) is 33.1. The highest BCUT2D eigenvalue weighted by Crippen LogP contribution is 2.40. The van der Waals surface area contributed by atoms with Gasteiger partial charge in [-0.05, 0) is 194 Å². The summed E-state index contributed by atoms with van der Waals surface area (Å²) in [5.74, 6) is -0.596. The van der Waals surface area contributed by atoms with Crippen LogP contribution < -0.4 is 9.46 Å². The summed E-state index contributed by atoms with van der Waals surface area (Å²) >= 11 is 19.1. The standard InChI is InChI=1S/C33H33ClFN7O2Si.C33H33ClFN7OSi.C28H20ClFN6O/c1-45(2,3)16-15-44-22-40-32-14-11-26(35)19-29(32)37-33(40)28(17-23-7-5-4-6-8-23)31-12-9-24(20-42(31)43)27-18-25(34)10-13-30(27)41-21-36-38-39-41;1-44(2,3)16-15-43-22-41-32-14-11-26(35)19-30(32)38-33(41)28(17-23-7-5-4-6-8-23)29-12-9-24(20-36-29)27-18-25(34)10-13-31(27)42-21-37-39-40-42;29-21-8-11-27(35-17-31-33-34-35)23(14-21)20-7-10-28(36(37)16-20)24(12-18-4-2-1-3-5-18)26-13-19-6-9-22(30)15-25(19)32-26/h4-14,18-21,28H,15-17,22H2,1-3H3;4-14,18-21,28H,15-17,22H2,1-3H3;1-11,14-17,24H,12-13H2. The zero-order chi connectivity index (χ0) is 87.6. The highest BCUT2D eigenvalue weighted by Gasteiger charge is 2.34. The van der Waals surface area contributed by atoms with Crippen molar-refractivity contribution in [3.8, 4) is 50.4 Å². The fourth-order valence-electron chi connectivity index (χ4n) is 15.3. The van der Waals surface area contributed by atoms with Gasteiger partial charge in [0.05, 0.1) is 62.3 Å². The number of benzene rings is 9. The van der Waals surface area contributed by atoms with Crippen LogP contribution in [0.2, 0.25) is 66.4 Å². The molecule has 0 bridgehead atoms. The minimum absolute atomic E-state index is 0.221. The van der Waals surface area contributed by atoms with Crippen molar-refractivity contribution >= 4 is 84.4 Å². The molecule has 0 N–H and O–H groups in total. The normalized spacial score (nSPS) is 12.8. The minimum Gasteiger partial charge on any atom is -0.618 e. The molecule has 24 nitrogen and oxygen atoms in total. The number of fused-ring (bicyclic) bond motifs is 3. The van der Waals surface area contributed by atoms with Gasteiger partial charge in [0.2, 0.25) is 11.4 Å². The molecule has 0 aliphatic carbocycles. The molecule has 126 heavy (non-hydrogen) atoms. The van der Waals surface area contributed by atoms with Crippen molar-refractivity contribution in [1.29, 1.82) is 0 Å². The fourth-order valence-corrected chi connectivity index (χ4v) is 17.4. The Morgan fingerprint density at radius 1 is 0.437 bits per heavy atom. The molecule has 0 spiro atoms. The van der Waals surface area contributed by atoms with E-state index in [9.17, 15) is 23.6 Å². The molecule has 0 fully saturated rings. The first-order valence-corrected chi connectivity index (χ1v) is 49.5. The number of nitrogens with zero attached hydrogens (tertiary/aromatic N) is 20. The van der Waals surface area contributed by atoms with Gasteiger partial charge in [0.1, 0.15) is 67.5 Å². The maximum absolute atomic E-state index is 14.4. The van der Waals surface area contributed by atoms with Crippen LogP contribution in [0.15, 0.2) is 279 Å². The molecule has 636 valence electrons. The van der Waals surface area contributed by atoms with Crippen LogP contribution in [0.3, 0.4) is 0 Å². The molecule has 17 aromatic rings. The number of rotatable bonds is 28. The van der Waals surface area contributed by atoms with E-state index in [-0.39, 0.29) is 36.0 Å². The van der Waals surface area contributed by atoms with Crippen molar-refractivity contribution in [3.63, 3.8) is 0 Å². The van der Waals surface area contributed by atoms with E-state index in [1.54, 1.807) is 71.7 Å². The zero-order valence-corrected chi connectivity index (χ0v) is 73.9. The summed E-state index contributed by atoms with van der Waals surface area (Å²) in [4.78, 5) is 19.6. The zero-order valence-electron chi connectivity index (χ0n) is 69.6. The topological polar surface area (TPSA) is 264 Å². The van der Waals surface area contributed by atoms with E-state index in [1.807, 2.05) is 138 Å². The van der Waals surface area contributed by atoms with Gasteiger partial charge in [-0.2, -0.15) is 23.5 Å². The smallest absolute Gasteiger partial charge is 0.203 e. The predicted octanol–water partition coefficient (Wildman–Crippen LogP) is 19.8. The highest BCUT2D eigenvalue weighted by molar-refractivity contribution is 6.76. The Labute approximate surface area is 741 Å². The molecule has 0 radical (unpaired) electrons. The third-order valence-electron chi connectivity index (χ3n) is 21.8. The molecule has 3 unspecified atom stereocenters. The van der Waals surface area contributed by atoms with Gasteiger partial charge < -0.3 is 29.0 Å². The maximum atomic E-state index is 14.4.